The second-order valence-corrected chi connectivity index (χ2v) is 9.48. The Kier molecular flexibility index (Phi) is 5.84. The number of nitrogens with zero attached hydrogens (tertiary/aromatic N) is 3. The second kappa shape index (κ2) is 8.42. The average Bonchev–Trinajstić information content (AvgIpc) is 3.11. The molecule has 31 heavy (non-hydrogen) atoms. The number of halogens is 1. The summed E-state index contributed by atoms with van der Waals surface area (Å²) in [4.78, 5) is 21.0. The normalized spacial score (nSPS) is 17.3. The summed E-state index contributed by atoms with van der Waals surface area (Å²) in [5.74, 6) is 0. The van der Waals surface area contributed by atoms with Gasteiger partial charge >= 0.3 is 6.09 Å². The zero-order valence-electron chi connectivity index (χ0n) is 18.4. The molecule has 1 aliphatic heterocycles. The molecular formula is C24H28ClN3O3. The zero-order valence-corrected chi connectivity index (χ0v) is 19.1. The second-order valence-electron chi connectivity index (χ2n) is 9.04. The van der Waals surface area contributed by atoms with Crippen LogP contribution in [0.25, 0.3) is 11.1 Å². The Morgan fingerprint density at radius 1 is 1.23 bits per heavy atom. The van der Waals surface area contributed by atoms with E-state index < -0.39 is 5.60 Å². The lowest BCUT2D eigenvalue weighted by Crippen LogP contribution is -2.54. The minimum atomic E-state index is -0.508. The molecular weight excluding hydrogens is 414 g/mol. The summed E-state index contributed by atoms with van der Waals surface area (Å²) < 4.78 is 11.7. The maximum absolute atomic E-state index is 12.4. The van der Waals surface area contributed by atoms with Gasteiger partial charge in [-0.3, -0.25) is 0 Å². The lowest BCUT2D eigenvalue weighted by molar-refractivity contribution is 0.0216. The van der Waals surface area contributed by atoms with Gasteiger partial charge in [-0.2, -0.15) is 4.98 Å². The van der Waals surface area contributed by atoms with Gasteiger partial charge in [-0.1, -0.05) is 41.9 Å². The Bertz CT molecular complexity index is 1070. The molecule has 1 amide bonds. The quantitative estimate of drug-likeness (QED) is 0.535. The SMILES string of the molecule is CC1CN(C(=O)OC(C)(C)C)CCN1c1nc2cc(Cl)cc(Cc3ccccc3)c2o1. The molecule has 7 heteroatoms. The number of aromatic nitrogens is 1. The highest BCUT2D eigenvalue weighted by molar-refractivity contribution is 6.31. The van der Waals surface area contributed by atoms with Crippen LogP contribution in [0.5, 0.6) is 0 Å². The van der Waals surface area contributed by atoms with Crippen molar-refractivity contribution in [2.24, 2.45) is 0 Å². The number of fused-ring (bicyclic) bond motifs is 1. The summed E-state index contributed by atoms with van der Waals surface area (Å²) >= 11 is 6.37. The number of rotatable bonds is 3. The third-order valence-electron chi connectivity index (χ3n) is 5.28. The first-order chi connectivity index (χ1) is 14.7. The Balaban J connectivity index is 1.55. The number of carbonyl (C=O) groups is 1. The molecule has 2 heterocycles. The van der Waals surface area contributed by atoms with Gasteiger partial charge in [0.05, 0.1) is 0 Å². The van der Waals surface area contributed by atoms with Crippen LogP contribution in [-0.4, -0.2) is 47.3 Å². The molecule has 1 aliphatic rings. The number of hydrogen-bond donors (Lipinski definition) is 0. The van der Waals surface area contributed by atoms with E-state index in [1.807, 2.05) is 51.1 Å². The van der Waals surface area contributed by atoms with Gasteiger partial charge in [-0.05, 0) is 45.4 Å². The van der Waals surface area contributed by atoms with E-state index >= 15 is 0 Å². The van der Waals surface area contributed by atoms with Crippen LogP contribution in [0.3, 0.4) is 0 Å². The Morgan fingerprint density at radius 3 is 2.65 bits per heavy atom. The van der Waals surface area contributed by atoms with E-state index in [1.165, 1.54) is 5.56 Å². The van der Waals surface area contributed by atoms with E-state index in [0.29, 0.717) is 37.1 Å². The van der Waals surface area contributed by atoms with Crippen LogP contribution in [0.4, 0.5) is 10.8 Å². The molecule has 0 saturated carbocycles. The number of benzene rings is 2. The van der Waals surface area contributed by atoms with Crippen molar-refractivity contribution in [1.29, 1.82) is 0 Å². The molecule has 3 aromatic rings. The molecule has 0 radical (unpaired) electrons. The molecule has 0 bridgehead atoms. The summed E-state index contributed by atoms with van der Waals surface area (Å²) in [5.41, 5.74) is 3.18. The predicted molar refractivity (Wildman–Crippen MR) is 123 cm³/mol. The van der Waals surface area contributed by atoms with E-state index in [2.05, 4.69) is 24.0 Å². The Labute approximate surface area is 187 Å². The summed E-state index contributed by atoms with van der Waals surface area (Å²) in [5, 5.41) is 0.640. The first-order valence-corrected chi connectivity index (χ1v) is 10.9. The molecule has 6 nitrogen and oxygen atoms in total. The van der Waals surface area contributed by atoms with E-state index in [4.69, 9.17) is 25.7 Å². The summed E-state index contributed by atoms with van der Waals surface area (Å²) in [6.07, 6.45) is 0.433. The van der Waals surface area contributed by atoms with Crippen molar-refractivity contribution in [3.63, 3.8) is 0 Å². The van der Waals surface area contributed by atoms with Crippen molar-refractivity contribution in [2.45, 2.75) is 45.8 Å². The molecule has 0 spiro atoms. The van der Waals surface area contributed by atoms with Gasteiger partial charge < -0.3 is 19.0 Å². The van der Waals surface area contributed by atoms with Gasteiger partial charge in [0, 0.05) is 42.7 Å². The molecule has 1 fully saturated rings. The van der Waals surface area contributed by atoms with Crippen molar-refractivity contribution in [3.8, 4) is 0 Å². The summed E-state index contributed by atoms with van der Waals surface area (Å²) in [6.45, 7) is 9.41. The fraction of sp³-hybridized carbons (Fsp3) is 0.417. The molecule has 1 atom stereocenters. The summed E-state index contributed by atoms with van der Waals surface area (Å²) in [6, 6.07) is 14.6. The van der Waals surface area contributed by atoms with E-state index in [1.54, 1.807) is 4.90 Å². The van der Waals surface area contributed by atoms with Crippen molar-refractivity contribution in [1.82, 2.24) is 9.88 Å². The van der Waals surface area contributed by atoms with Gasteiger partial charge in [0.1, 0.15) is 11.1 Å². The molecule has 164 valence electrons. The van der Waals surface area contributed by atoms with Crippen molar-refractivity contribution < 1.29 is 13.9 Å². The largest absolute Gasteiger partial charge is 0.444 e. The maximum atomic E-state index is 12.4. The molecule has 1 unspecified atom stereocenters. The first kappa shape index (κ1) is 21.5. The Hall–Kier alpha value is -2.73. The summed E-state index contributed by atoms with van der Waals surface area (Å²) in [7, 11) is 0. The predicted octanol–water partition coefficient (Wildman–Crippen LogP) is 5.52. The highest BCUT2D eigenvalue weighted by Crippen LogP contribution is 2.31. The first-order valence-electron chi connectivity index (χ1n) is 10.6. The molecule has 1 saturated heterocycles. The van der Waals surface area contributed by atoms with Crippen LogP contribution in [0, 0.1) is 0 Å². The number of hydrogen-bond acceptors (Lipinski definition) is 5. The lowest BCUT2D eigenvalue weighted by atomic mass is 10.0. The Morgan fingerprint density at radius 2 is 1.97 bits per heavy atom. The van der Waals surface area contributed by atoms with Crippen LogP contribution in [0.2, 0.25) is 5.02 Å². The van der Waals surface area contributed by atoms with Crippen LogP contribution in [-0.2, 0) is 11.2 Å². The third-order valence-corrected chi connectivity index (χ3v) is 5.50. The molecule has 2 aromatic carbocycles. The van der Waals surface area contributed by atoms with Crippen molar-refractivity contribution in [3.05, 3.63) is 58.6 Å². The van der Waals surface area contributed by atoms with Crippen LogP contribution < -0.4 is 4.90 Å². The van der Waals surface area contributed by atoms with Crippen molar-refractivity contribution in [2.75, 3.05) is 24.5 Å². The van der Waals surface area contributed by atoms with Gasteiger partial charge in [0.15, 0.2) is 5.58 Å². The van der Waals surface area contributed by atoms with Crippen molar-refractivity contribution >= 4 is 34.8 Å². The van der Waals surface area contributed by atoms with E-state index in [0.717, 1.165) is 16.7 Å². The van der Waals surface area contributed by atoms with Crippen LogP contribution in [0.15, 0.2) is 46.9 Å². The van der Waals surface area contributed by atoms with E-state index in [9.17, 15) is 4.79 Å². The standard InChI is InChI=1S/C24H28ClN3O3/c1-16-15-27(23(29)31-24(2,3)4)10-11-28(16)22-26-20-14-19(25)13-18(21(20)30-22)12-17-8-6-5-7-9-17/h5-9,13-14,16H,10-12,15H2,1-4H3. The minimum Gasteiger partial charge on any atom is -0.444 e. The molecule has 1 aromatic heterocycles. The monoisotopic (exact) mass is 441 g/mol. The molecule has 0 N–H and O–H groups in total. The average molecular weight is 442 g/mol. The van der Waals surface area contributed by atoms with E-state index in [-0.39, 0.29) is 12.1 Å². The topological polar surface area (TPSA) is 58.8 Å². The number of piperazine rings is 1. The van der Waals surface area contributed by atoms with Crippen LogP contribution in [0.1, 0.15) is 38.8 Å². The highest BCUT2D eigenvalue weighted by atomic mass is 35.5. The smallest absolute Gasteiger partial charge is 0.410 e. The number of oxazole rings is 1. The third kappa shape index (κ3) is 4.96. The van der Waals surface area contributed by atoms with Gasteiger partial charge in [0.25, 0.3) is 6.01 Å². The van der Waals surface area contributed by atoms with Crippen LogP contribution >= 0.6 is 11.6 Å². The fourth-order valence-electron chi connectivity index (χ4n) is 3.86. The number of anilines is 1. The molecule has 4 rings (SSSR count). The van der Waals surface area contributed by atoms with Gasteiger partial charge in [-0.15, -0.1) is 0 Å². The zero-order chi connectivity index (χ0) is 22.2. The number of amides is 1. The maximum Gasteiger partial charge on any atom is 0.410 e. The fourth-order valence-corrected chi connectivity index (χ4v) is 4.09. The number of carbonyl (C=O) groups excluding carboxylic acids is 1. The lowest BCUT2D eigenvalue weighted by Gasteiger charge is -2.39. The molecule has 0 aliphatic carbocycles. The van der Waals surface area contributed by atoms with Gasteiger partial charge in [-0.25, -0.2) is 4.79 Å². The van der Waals surface area contributed by atoms with Gasteiger partial charge in [0.2, 0.25) is 0 Å². The minimum absolute atomic E-state index is 0.0439. The highest BCUT2D eigenvalue weighted by Gasteiger charge is 2.32. The number of ether oxygens (including phenoxy) is 1.